The molecule has 0 bridgehead atoms. The van der Waals surface area contributed by atoms with Crippen molar-refractivity contribution in [2.24, 2.45) is 0 Å². The molecule has 0 saturated carbocycles. The van der Waals surface area contributed by atoms with Gasteiger partial charge in [0.1, 0.15) is 4.90 Å². The second-order valence-corrected chi connectivity index (χ2v) is 26.7. The normalized spacial score (nSPS) is 15.9. The summed E-state index contributed by atoms with van der Waals surface area (Å²) in [5.41, 5.74) is -0.551. The van der Waals surface area contributed by atoms with Gasteiger partial charge in [-0.1, -0.05) is 54.1 Å². The number of benzene rings is 5. The first kappa shape index (κ1) is 56.0. The van der Waals surface area contributed by atoms with Gasteiger partial charge in [-0.2, -0.15) is 13.2 Å². The van der Waals surface area contributed by atoms with Crippen molar-refractivity contribution in [3.63, 3.8) is 0 Å². The fourth-order valence-corrected chi connectivity index (χ4v) is 14.4. The zero-order chi connectivity index (χ0) is 53.9. The second kappa shape index (κ2) is 23.2. The standard InChI is InChI=1S/C54H62ClF3N6O7S4/c1-5-64-38(4)53(73(66,67)37(2)3)51(52(64)39-14-16-41(55)17-15-39)40-10-9-11-45(34-40)63-32-30-62(31-33-63)44-20-18-42(19-21-44)60-75(70,71)48-22-23-49(50(35-48)74(68,69)54(56,57)58)59-43(36-72-47-12-7-6-8-13-47)24-27-61-28-25-46(65)26-29-61/h6-23,34-35,37,43,46,59-60,65H,5,24-33,36H2,1-4H3/t43-/m1/s1. The summed E-state index contributed by atoms with van der Waals surface area (Å²) in [6.07, 6.45) is 1.23. The van der Waals surface area contributed by atoms with Gasteiger partial charge >= 0.3 is 5.51 Å². The highest BCUT2D eigenvalue weighted by molar-refractivity contribution is 7.99. The number of halogens is 4. The van der Waals surface area contributed by atoms with E-state index in [2.05, 4.69) is 24.7 Å². The summed E-state index contributed by atoms with van der Waals surface area (Å²) in [4.78, 5) is 5.86. The number of alkyl halides is 3. The number of nitrogens with zero attached hydrogens (tertiary/aromatic N) is 4. The molecule has 1 atom stereocenters. The van der Waals surface area contributed by atoms with Gasteiger partial charge in [-0.3, -0.25) is 4.72 Å². The van der Waals surface area contributed by atoms with Gasteiger partial charge in [-0.25, -0.2) is 25.3 Å². The molecule has 6 aromatic rings. The van der Waals surface area contributed by atoms with Crippen LogP contribution in [-0.2, 0) is 36.2 Å². The van der Waals surface area contributed by atoms with Crippen LogP contribution < -0.4 is 19.8 Å². The SMILES string of the molecule is CCn1c(C)c(S(=O)(=O)C(C)C)c(-c2cccc(N3CCN(c4ccc(NS(=O)(=O)c5ccc(N[C@H](CCN6CCC(O)CC6)CSc6ccccc6)c(S(=O)(=O)C(F)(F)F)c5)cc4)CC3)c2)c1-c1ccc(Cl)cc1. The number of rotatable bonds is 19. The quantitative estimate of drug-likeness (QED) is 0.0660. The fraction of sp³-hybridized carbons (Fsp3) is 0.370. The van der Waals surface area contributed by atoms with E-state index in [0.717, 1.165) is 45.2 Å². The molecule has 1 aromatic heterocycles. The number of hydrogen-bond acceptors (Lipinski definition) is 12. The van der Waals surface area contributed by atoms with E-state index in [4.69, 9.17) is 11.6 Å². The zero-order valence-electron chi connectivity index (χ0n) is 42.1. The molecule has 3 N–H and O–H groups in total. The maximum atomic E-state index is 14.3. The monoisotopic (exact) mass is 1130 g/mol. The number of likely N-dealkylation sites (tertiary alicyclic amines) is 1. The van der Waals surface area contributed by atoms with E-state index in [1.54, 1.807) is 38.1 Å². The molecule has 0 radical (unpaired) electrons. The van der Waals surface area contributed by atoms with Crippen LogP contribution in [0.5, 0.6) is 0 Å². The Bertz CT molecular complexity index is 3290. The lowest BCUT2D eigenvalue weighted by molar-refractivity contribution is -0.0435. The number of aliphatic hydroxyl groups excluding tert-OH is 1. The Balaban J connectivity index is 0.979. The smallest absolute Gasteiger partial charge is 0.393 e. The van der Waals surface area contributed by atoms with E-state index in [9.17, 15) is 43.5 Å². The number of piperazine rings is 1. The van der Waals surface area contributed by atoms with Crippen molar-refractivity contribution in [1.82, 2.24) is 9.47 Å². The van der Waals surface area contributed by atoms with Crippen LogP contribution in [0.1, 0.15) is 45.7 Å². The number of piperidine rings is 1. The van der Waals surface area contributed by atoms with Gasteiger partial charge in [0.15, 0.2) is 9.84 Å². The molecule has 0 amide bonds. The van der Waals surface area contributed by atoms with Crippen molar-refractivity contribution in [1.29, 1.82) is 0 Å². The minimum absolute atomic E-state index is 0.115. The van der Waals surface area contributed by atoms with Crippen molar-refractivity contribution in [2.45, 2.75) is 96.0 Å². The lowest BCUT2D eigenvalue weighted by Gasteiger charge is -2.37. The summed E-state index contributed by atoms with van der Waals surface area (Å²) in [7, 11) is -14.4. The maximum Gasteiger partial charge on any atom is 0.501 e. The summed E-state index contributed by atoms with van der Waals surface area (Å²) in [6, 6.07) is 33.4. The molecule has 0 aliphatic carbocycles. The zero-order valence-corrected chi connectivity index (χ0v) is 46.1. The van der Waals surface area contributed by atoms with E-state index < -0.39 is 62.4 Å². The van der Waals surface area contributed by atoms with Gasteiger partial charge in [0.05, 0.1) is 32.5 Å². The first-order valence-electron chi connectivity index (χ1n) is 24.8. The first-order chi connectivity index (χ1) is 35.6. The van der Waals surface area contributed by atoms with Crippen LogP contribution >= 0.6 is 23.4 Å². The van der Waals surface area contributed by atoms with Crippen LogP contribution in [0.3, 0.4) is 0 Å². The van der Waals surface area contributed by atoms with Crippen LogP contribution in [0, 0.1) is 6.92 Å². The Hall–Kier alpha value is -5.22. The predicted octanol–water partition coefficient (Wildman–Crippen LogP) is 10.8. The highest BCUT2D eigenvalue weighted by atomic mass is 35.5. The Morgan fingerprint density at radius 3 is 2.01 bits per heavy atom. The Labute approximate surface area is 448 Å². The second-order valence-electron chi connectivity index (χ2n) is 19.1. The number of aromatic nitrogens is 1. The van der Waals surface area contributed by atoms with E-state index in [1.165, 1.54) is 23.9 Å². The van der Waals surface area contributed by atoms with Crippen molar-refractivity contribution in [3.05, 3.63) is 132 Å². The first-order valence-corrected chi connectivity index (χ1v) is 30.7. The minimum atomic E-state index is -6.03. The van der Waals surface area contributed by atoms with Crippen molar-refractivity contribution in [3.8, 4) is 22.4 Å². The number of sulfonamides is 1. The Morgan fingerprint density at radius 1 is 0.760 bits per heavy atom. The van der Waals surface area contributed by atoms with E-state index in [0.29, 0.717) is 105 Å². The van der Waals surface area contributed by atoms with Crippen LogP contribution in [0.4, 0.5) is 35.9 Å². The van der Waals surface area contributed by atoms with E-state index in [1.807, 2.05) is 85.1 Å². The number of hydrogen-bond donors (Lipinski definition) is 3. The van der Waals surface area contributed by atoms with Gasteiger partial charge in [0.2, 0.25) is 0 Å². The molecule has 75 heavy (non-hydrogen) atoms. The molecule has 8 rings (SSSR count). The molecule has 2 saturated heterocycles. The maximum absolute atomic E-state index is 14.3. The average Bonchev–Trinajstić information content (AvgIpc) is 3.70. The van der Waals surface area contributed by atoms with Gasteiger partial charge < -0.3 is 29.7 Å². The number of nitrogens with one attached hydrogen (secondary N) is 2. The van der Waals surface area contributed by atoms with E-state index in [-0.39, 0.29) is 11.4 Å². The number of sulfone groups is 2. The van der Waals surface area contributed by atoms with Gasteiger partial charge in [-0.15, -0.1) is 11.8 Å². The van der Waals surface area contributed by atoms with Crippen molar-refractivity contribution < 1.29 is 43.5 Å². The van der Waals surface area contributed by atoms with Crippen LogP contribution in [0.15, 0.2) is 141 Å². The fourth-order valence-electron chi connectivity index (χ4n) is 9.65. The minimum Gasteiger partial charge on any atom is -0.393 e. The molecule has 2 aliphatic heterocycles. The molecular weight excluding hydrogens is 1070 g/mol. The number of anilines is 4. The van der Waals surface area contributed by atoms with Crippen molar-refractivity contribution >= 4 is 75.8 Å². The molecule has 402 valence electrons. The predicted molar refractivity (Wildman–Crippen MR) is 295 cm³/mol. The lowest BCUT2D eigenvalue weighted by Crippen LogP contribution is -2.46. The number of aliphatic hydroxyl groups is 1. The van der Waals surface area contributed by atoms with Crippen LogP contribution in [-0.4, -0.2) is 114 Å². The topological polar surface area (TPSA) is 161 Å². The third kappa shape index (κ3) is 12.6. The molecular formula is C54H62ClF3N6O7S4. The molecule has 5 aromatic carbocycles. The Morgan fingerprint density at radius 2 is 1.40 bits per heavy atom. The Kier molecular flexibility index (Phi) is 17.3. The largest absolute Gasteiger partial charge is 0.501 e. The van der Waals surface area contributed by atoms with Gasteiger partial charge in [0.25, 0.3) is 19.9 Å². The summed E-state index contributed by atoms with van der Waals surface area (Å²) in [5, 5.41) is 12.9. The number of thioether (sulfide) groups is 1. The van der Waals surface area contributed by atoms with Gasteiger partial charge in [0, 0.05) is 102 Å². The summed E-state index contributed by atoms with van der Waals surface area (Å²) in [6.45, 7) is 12.0. The van der Waals surface area contributed by atoms with E-state index >= 15 is 0 Å². The summed E-state index contributed by atoms with van der Waals surface area (Å²) < 4.78 is 130. The molecule has 21 heteroatoms. The molecule has 0 unspecified atom stereocenters. The molecule has 2 fully saturated rings. The third-order valence-corrected chi connectivity index (χ3v) is 20.5. The summed E-state index contributed by atoms with van der Waals surface area (Å²) >= 11 is 7.74. The molecule has 2 aliphatic rings. The third-order valence-electron chi connectivity index (χ3n) is 13.8. The van der Waals surface area contributed by atoms with Gasteiger partial charge in [-0.05, 0) is 137 Å². The van der Waals surface area contributed by atoms with Crippen LogP contribution in [0.2, 0.25) is 5.02 Å². The molecule has 13 nitrogen and oxygen atoms in total. The summed E-state index contributed by atoms with van der Waals surface area (Å²) in [5.74, 6) is 0.365. The van der Waals surface area contributed by atoms with Crippen LogP contribution in [0.25, 0.3) is 22.4 Å². The molecule has 3 heterocycles. The highest BCUT2D eigenvalue weighted by Crippen LogP contribution is 2.44. The lowest BCUT2D eigenvalue weighted by atomic mass is 10.00. The molecule has 0 spiro atoms. The van der Waals surface area contributed by atoms with Crippen molar-refractivity contribution in [2.75, 3.05) is 71.4 Å². The highest BCUT2D eigenvalue weighted by Gasteiger charge is 2.48. The average molecular weight is 1130 g/mol.